The van der Waals surface area contributed by atoms with Crippen LogP contribution in [0.4, 0.5) is 0 Å². The Labute approximate surface area is 96.5 Å². The fourth-order valence-electron chi connectivity index (χ4n) is 1.43. The van der Waals surface area contributed by atoms with Crippen LogP contribution in [0.5, 0.6) is 11.5 Å². The molecule has 90 valence electrons. The van der Waals surface area contributed by atoms with Crippen LogP contribution in [0.2, 0.25) is 0 Å². The van der Waals surface area contributed by atoms with Crippen LogP contribution in [0, 0.1) is 0 Å². The van der Waals surface area contributed by atoms with E-state index in [-0.39, 0.29) is 6.04 Å². The minimum Gasteiger partial charge on any atom is -0.490 e. The largest absolute Gasteiger partial charge is 0.490 e. The van der Waals surface area contributed by atoms with Crippen LogP contribution >= 0.6 is 0 Å². The van der Waals surface area contributed by atoms with Crippen molar-refractivity contribution in [3.05, 3.63) is 23.8 Å². The van der Waals surface area contributed by atoms with Gasteiger partial charge in [-0.05, 0) is 31.5 Å². The minimum atomic E-state index is -0.158. The van der Waals surface area contributed by atoms with Gasteiger partial charge in [-0.3, -0.25) is 0 Å². The summed E-state index contributed by atoms with van der Waals surface area (Å²) in [6, 6.07) is 5.53. The number of hydrogen-bond donors (Lipinski definition) is 2. The second kappa shape index (κ2) is 6.35. The zero-order valence-corrected chi connectivity index (χ0v) is 9.90. The summed E-state index contributed by atoms with van der Waals surface area (Å²) in [5.41, 5.74) is 12.4. The number of rotatable bonds is 6. The Hall–Kier alpha value is -1.26. The third-order valence-electron chi connectivity index (χ3n) is 2.25. The van der Waals surface area contributed by atoms with Crippen LogP contribution in [-0.2, 0) is 0 Å². The Morgan fingerprint density at radius 3 is 2.31 bits per heavy atom. The monoisotopic (exact) mass is 224 g/mol. The van der Waals surface area contributed by atoms with Gasteiger partial charge in [-0.25, -0.2) is 0 Å². The first-order chi connectivity index (χ1) is 7.72. The lowest BCUT2D eigenvalue weighted by Gasteiger charge is -2.15. The van der Waals surface area contributed by atoms with E-state index < -0.39 is 0 Å². The summed E-state index contributed by atoms with van der Waals surface area (Å²) in [7, 11) is 0. The van der Waals surface area contributed by atoms with Crippen molar-refractivity contribution in [2.75, 3.05) is 19.8 Å². The second-order valence-electron chi connectivity index (χ2n) is 3.41. The molecule has 1 aromatic carbocycles. The predicted octanol–water partition coefficient (Wildman–Crippen LogP) is 1.44. The minimum absolute atomic E-state index is 0.158. The summed E-state index contributed by atoms with van der Waals surface area (Å²) in [6.07, 6.45) is 0. The molecule has 1 aromatic rings. The third-order valence-corrected chi connectivity index (χ3v) is 2.25. The van der Waals surface area contributed by atoms with Crippen LogP contribution in [0.3, 0.4) is 0 Å². The maximum absolute atomic E-state index is 5.86. The zero-order valence-electron chi connectivity index (χ0n) is 9.90. The molecule has 0 spiro atoms. The number of benzene rings is 1. The van der Waals surface area contributed by atoms with Crippen molar-refractivity contribution in [2.24, 2.45) is 11.5 Å². The summed E-state index contributed by atoms with van der Waals surface area (Å²) in [5, 5.41) is 0. The van der Waals surface area contributed by atoms with Crippen molar-refractivity contribution in [2.45, 2.75) is 19.9 Å². The van der Waals surface area contributed by atoms with E-state index in [0.29, 0.717) is 19.8 Å². The average molecular weight is 224 g/mol. The van der Waals surface area contributed by atoms with E-state index in [4.69, 9.17) is 20.9 Å². The smallest absolute Gasteiger partial charge is 0.161 e. The van der Waals surface area contributed by atoms with E-state index in [1.165, 1.54) is 0 Å². The molecule has 0 unspecified atom stereocenters. The molecule has 0 fully saturated rings. The lowest BCUT2D eigenvalue weighted by atomic mass is 10.1. The molecule has 16 heavy (non-hydrogen) atoms. The molecule has 1 atom stereocenters. The van der Waals surface area contributed by atoms with Crippen molar-refractivity contribution < 1.29 is 9.47 Å². The quantitative estimate of drug-likeness (QED) is 0.767. The molecular formula is C12H20N2O2. The molecule has 4 nitrogen and oxygen atoms in total. The zero-order chi connectivity index (χ0) is 12.0. The Morgan fingerprint density at radius 2 is 1.75 bits per heavy atom. The lowest BCUT2D eigenvalue weighted by molar-refractivity contribution is 0.287. The molecule has 1 rings (SSSR count). The molecule has 0 aliphatic carbocycles. The number of hydrogen-bond acceptors (Lipinski definition) is 4. The fourth-order valence-corrected chi connectivity index (χ4v) is 1.43. The normalized spacial score (nSPS) is 12.2. The molecule has 0 amide bonds. The molecule has 4 N–H and O–H groups in total. The SMILES string of the molecule is CCOc1ccc([C@H](N)CN)cc1OCC. The summed E-state index contributed by atoms with van der Waals surface area (Å²) in [6.45, 7) is 5.50. The predicted molar refractivity (Wildman–Crippen MR) is 64.8 cm³/mol. The van der Waals surface area contributed by atoms with E-state index in [2.05, 4.69) is 0 Å². The van der Waals surface area contributed by atoms with Gasteiger partial charge in [0, 0.05) is 12.6 Å². The van der Waals surface area contributed by atoms with Crippen molar-refractivity contribution >= 4 is 0 Å². The summed E-state index contributed by atoms with van der Waals surface area (Å²) >= 11 is 0. The highest BCUT2D eigenvalue weighted by Crippen LogP contribution is 2.30. The standard InChI is InChI=1S/C12H20N2O2/c1-3-15-11-6-5-9(10(14)8-13)7-12(11)16-4-2/h5-7,10H,3-4,8,13-14H2,1-2H3/t10-/m1/s1. The van der Waals surface area contributed by atoms with Crippen LogP contribution < -0.4 is 20.9 Å². The Kier molecular flexibility index (Phi) is 5.08. The van der Waals surface area contributed by atoms with Gasteiger partial charge >= 0.3 is 0 Å². The molecule has 0 saturated heterocycles. The summed E-state index contributed by atoms with van der Waals surface area (Å²) in [4.78, 5) is 0. The van der Waals surface area contributed by atoms with Gasteiger partial charge in [0.15, 0.2) is 11.5 Å². The highest BCUT2D eigenvalue weighted by atomic mass is 16.5. The molecular weight excluding hydrogens is 204 g/mol. The second-order valence-corrected chi connectivity index (χ2v) is 3.41. The van der Waals surface area contributed by atoms with Gasteiger partial charge in [0.25, 0.3) is 0 Å². The van der Waals surface area contributed by atoms with Crippen molar-refractivity contribution in [1.29, 1.82) is 0 Å². The molecule has 0 aliphatic rings. The fraction of sp³-hybridized carbons (Fsp3) is 0.500. The Morgan fingerprint density at radius 1 is 1.12 bits per heavy atom. The van der Waals surface area contributed by atoms with Crippen LogP contribution in [0.1, 0.15) is 25.5 Å². The van der Waals surface area contributed by atoms with Crippen LogP contribution in [-0.4, -0.2) is 19.8 Å². The first-order valence-electron chi connectivity index (χ1n) is 5.58. The summed E-state index contributed by atoms with van der Waals surface area (Å²) < 4.78 is 11.0. The lowest BCUT2D eigenvalue weighted by Crippen LogP contribution is -2.20. The van der Waals surface area contributed by atoms with Crippen molar-refractivity contribution in [1.82, 2.24) is 0 Å². The van der Waals surface area contributed by atoms with Gasteiger partial charge in [0.05, 0.1) is 13.2 Å². The topological polar surface area (TPSA) is 70.5 Å². The maximum atomic E-state index is 5.86. The number of nitrogens with two attached hydrogens (primary N) is 2. The molecule has 0 aliphatic heterocycles. The first kappa shape index (κ1) is 12.8. The van der Waals surface area contributed by atoms with E-state index in [1.54, 1.807) is 0 Å². The molecule has 0 aromatic heterocycles. The number of ether oxygens (including phenoxy) is 2. The van der Waals surface area contributed by atoms with Gasteiger partial charge in [0.2, 0.25) is 0 Å². The Bertz CT molecular complexity index is 329. The van der Waals surface area contributed by atoms with Crippen molar-refractivity contribution in [3.8, 4) is 11.5 Å². The highest BCUT2D eigenvalue weighted by Gasteiger charge is 2.09. The van der Waals surface area contributed by atoms with Gasteiger partial charge < -0.3 is 20.9 Å². The summed E-state index contributed by atoms with van der Waals surface area (Å²) in [5.74, 6) is 1.48. The van der Waals surface area contributed by atoms with E-state index >= 15 is 0 Å². The molecule has 0 heterocycles. The maximum Gasteiger partial charge on any atom is 0.161 e. The molecule has 4 heteroatoms. The molecule has 0 radical (unpaired) electrons. The van der Waals surface area contributed by atoms with Crippen LogP contribution in [0.15, 0.2) is 18.2 Å². The van der Waals surface area contributed by atoms with Gasteiger partial charge in [0.1, 0.15) is 0 Å². The van der Waals surface area contributed by atoms with Crippen LogP contribution in [0.25, 0.3) is 0 Å². The highest BCUT2D eigenvalue weighted by molar-refractivity contribution is 5.44. The third kappa shape index (κ3) is 3.12. The van der Waals surface area contributed by atoms with Gasteiger partial charge in [-0.1, -0.05) is 6.07 Å². The average Bonchev–Trinajstić information content (AvgIpc) is 2.31. The first-order valence-corrected chi connectivity index (χ1v) is 5.58. The molecule has 0 bridgehead atoms. The van der Waals surface area contributed by atoms with Gasteiger partial charge in [-0.2, -0.15) is 0 Å². The van der Waals surface area contributed by atoms with Gasteiger partial charge in [-0.15, -0.1) is 0 Å². The molecule has 0 saturated carbocycles. The van der Waals surface area contributed by atoms with E-state index in [1.807, 2.05) is 32.0 Å². The van der Waals surface area contributed by atoms with Crippen molar-refractivity contribution in [3.63, 3.8) is 0 Å². The van der Waals surface area contributed by atoms with E-state index in [0.717, 1.165) is 17.1 Å². The Balaban J connectivity index is 2.96. The van der Waals surface area contributed by atoms with E-state index in [9.17, 15) is 0 Å².